The number of benzene rings is 3. The lowest BCUT2D eigenvalue weighted by Crippen LogP contribution is -2.19. The number of ketones is 1. The molecule has 0 atom stereocenters. The topological polar surface area (TPSA) is 61.8 Å². The van der Waals surface area contributed by atoms with Gasteiger partial charge in [0.1, 0.15) is 11.5 Å². The minimum atomic E-state index is -0.586. The van der Waals surface area contributed by atoms with E-state index < -0.39 is 5.97 Å². The maximum Gasteiger partial charge on any atom is 0.344 e. The highest BCUT2D eigenvalue weighted by Gasteiger charge is 2.12. The molecule has 0 radical (unpaired) electrons. The summed E-state index contributed by atoms with van der Waals surface area (Å²) in [6.45, 7) is 1.33. The van der Waals surface area contributed by atoms with Crippen LogP contribution in [0.4, 0.5) is 0 Å². The molecule has 0 heterocycles. The number of hydrogen-bond donors (Lipinski definition) is 0. The Morgan fingerprint density at radius 2 is 1.63 bits per heavy atom. The van der Waals surface area contributed by atoms with Gasteiger partial charge in [0.15, 0.2) is 19.0 Å². The third-order valence-corrected chi connectivity index (χ3v) is 4.17. The number of ether oxygens (including phenoxy) is 3. The minimum absolute atomic E-state index is 0.240. The average molecular weight is 364 g/mol. The third-order valence-electron chi connectivity index (χ3n) is 4.17. The molecule has 0 N–H and O–H groups in total. The molecular formula is C22H20O5. The van der Waals surface area contributed by atoms with Gasteiger partial charge in [0, 0.05) is 5.56 Å². The van der Waals surface area contributed by atoms with E-state index in [1.165, 1.54) is 0 Å². The fourth-order valence-corrected chi connectivity index (χ4v) is 2.65. The second-order valence-electron chi connectivity index (χ2n) is 6.07. The molecule has 3 aromatic rings. The zero-order chi connectivity index (χ0) is 19.2. The summed E-state index contributed by atoms with van der Waals surface area (Å²) in [6.07, 6.45) is 0. The van der Waals surface area contributed by atoms with Crippen LogP contribution in [0.15, 0.2) is 60.7 Å². The molecule has 0 spiro atoms. The summed E-state index contributed by atoms with van der Waals surface area (Å²) in [6, 6.07) is 18.3. The van der Waals surface area contributed by atoms with Crippen LogP contribution in [0.5, 0.6) is 11.5 Å². The van der Waals surface area contributed by atoms with E-state index in [0.29, 0.717) is 11.3 Å². The molecule has 0 aliphatic carbocycles. The van der Waals surface area contributed by atoms with Crippen molar-refractivity contribution in [3.63, 3.8) is 0 Å². The van der Waals surface area contributed by atoms with Crippen molar-refractivity contribution in [1.29, 1.82) is 0 Å². The Bertz CT molecular complexity index is 977. The van der Waals surface area contributed by atoms with E-state index in [9.17, 15) is 9.59 Å². The van der Waals surface area contributed by atoms with Gasteiger partial charge in [0.2, 0.25) is 0 Å². The van der Waals surface area contributed by atoms with Gasteiger partial charge in [0.05, 0.1) is 7.11 Å². The van der Waals surface area contributed by atoms with Gasteiger partial charge in [-0.25, -0.2) is 4.79 Å². The van der Waals surface area contributed by atoms with Gasteiger partial charge in [-0.2, -0.15) is 0 Å². The van der Waals surface area contributed by atoms with Crippen LogP contribution in [0.1, 0.15) is 15.9 Å². The van der Waals surface area contributed by atoms with Crippen LogP contribution >= 0.6 is 0 Å². The molecule has 0 fully saturated rings. The average Bonchev–Trinajstić information content (AvgIpc) is 2.70. The summed E-state index contributed by atoms with van der Waals surface area (Å²) < 4.78 is 15.6. The molecule has 138 valence electrons. The molecular weight excluding hydrogens is 344 g/mol. The molecule has 5 heteroatoms. The summed E-state index contributed by atoms with van der Waals surface area (Å²) in [5, 5.41) is 1.88. The van der Waals surface area contributed by atoms with E-state index in [2.05, 4.69) is 0 Å². The minimum Gasteiger partial charge on any atom is -0.497 e. The van der Waals surface area contributed by atoms with Gasteiger partial charge in [-0.05, 0) is 47.5 Å². The monoisotopic (exact) mass is 364 g/mol. The lowest BCUT2D eigenvalue weighted by atomic mass is 10.0. The van der Waals surface area contributed by atoms with E-state index in [1.807, 2.05) is 49.4 Å². The first-order chi connectivity index (χ1) is 13.1. The van der Waals surface area contributed by atoms with Crippen molar-refractivity contribution in [3.8, 4) is 11.5 Å². The van der Waals surface area contributed by atoms with Crippen LogP contribution < -0.4 is 9.47 Å². The predicted octanol–water partition coefficient (Wildman–Crippen LogP) is 3.96. The number of para-hydroxylation sites is 1. The molecule has 0 unspecified atom stereocenters. The zero-order valence-electron chi connectivity index (χ0n) is 15.2. The van der Waals surface area contributed by atoms with Crippen molar-refractivity contribution < 1.29 is 23.8 Å². The van der Waals surface area contributed by atoms with Crippen molar-refractivity contribution in [3.05, 3.63) is 71.8 Å². The second-order valence-corrected chi connectivity index (χ2v) is 6.07. The highest BCUT2D eigenvalue weighted by molar-refractivity contribution is 6.01. The number of aryl methyl sites for hydroxylation is 1. The number of esters is 1. The lowest BCUT2D eigenvalue weighted by Gasteiger charge is -2.09. The van der Waals surface area contributed by atoms with Crippen LogP contribution in [0.25, 0.3) is 10.8 Å². The summed E-state index contributed by atoms with van der Waals surface area (Å²) in [7, 11) is 1.61. The smallest absolute Gasteiger partial charge is 0.344 e. The zero-order valence-corrected chi connectivity index (χ0v) is 15.2. The van der Waals surface area contributed by atoms with Gasteiger partial charge in [-0.3, -0.25) is 4.79 Å². The SMILES string of the molecule is COc1ccc2cc(C(=O)COC(=O)COc3ccccc3C)ccc2c1. The Hall–Kier alpha value is -3.34. The molecule has 3 aromatic carbocycles. The van der Waals surface area contributed by atoms with E-state index in [-0.39, 0.29) is 19.0 Å². The van der Waals surface area contributed by atoms with Crippen LogP contribution in [-0.2, 0) is 9.53 Å². The number of fused-ring (bicyclic) bond motifs is 1. The summed E-state index contributed by atoms with van der Waals surface area (Å²) in [5.74, 6) is 0.518. The van der Waals surface area contributed by atoms with Gasteiger partial charge >= 0.3 is 5.97 Å². The Balaban J connectivity index is 1.56. The van der Waals surface area contributed by atoms with E-state index in [1.54, 1.807) is 25.3 Å². The van der Waals surface area contributed by atoms with Crippen molar-refractivity contribution in [2.24, 2.45) is 0 Å². The van der Waals surface area contributed by atoms with Crippen LogP contribution in [0.3, 0.4) is 0 Å². The molecule has 0 amide bonds. The standard InChI is InChI=1S/C22H20O5/c1-15-5-3-4-6-21(15)26-14-22(24)27-13-20(23)18-8-7-17-12-19(25-2)10-9-16(17)11-18/h3-12H,13-14H2,1-2H3. The molecule has 0 aliphatic rings. The quantitative estimate of drug-likeness (QED) is 0.469. The highest BCUT2D eigenvalue weighted by Crippen LogP contribution is 2.22. The summed E-state index contributed by atoms with van der Waals surface area (Å²) >= 11 is 0. The maximum atomic E-state index is 12.3. The number of Topliss-reactive ketones (excluding diaryl/α,β-unsaturated/α-hetero) is 1. The van der Waals surface area contributed by atoms with Crippen molar-refractivity contribution in [1.82, 2.24) is 0 Å². The van der Waals surface area contributed by atoms with E-state index >= 15 is 0 Å². The van der Waals surface area contributed by atoms with Gasteiger partial charge in [-0.15, -0.1) is 0 Å². The van der Waals surface area contributed by atoms with Crippen molar-refractivity contribution in [2.45, 2.75) is 6.92 Å². The highest BCUT2D eigenvalue weighted by atomic mass is 16.6. The Kier molecular flexibility index (Phi) is 5.71. The lowest BCUT2D eigenvalue weighted by molar-refractivity contribution is -0.144. The number of carbonyl (C=O) groups excluding carboxylic acids is 2. The molecule has 0 saturated heterocycles. The molecule has 3 rings (SSSR count). The molecule has 0 aliphatic heterocycles. The molecule has 5 nitrogen and oxygen atoms in total. The normalized spacial score (nSPS) is 10.4. The fourth-order valence-electron chi connectivity index (χ4n) is 2.65. The Morgan fingerprint density at radius 1 is 0.889 bits per heavy atom. The molecule has 27 heavy (non-hydrogen) atoms. The van der Waals surface area contributed by atoms with Crippen LogP contribution in [0, 0.1) is 6.92 Å². The third kappa shape index (κ3) is 4.64. The van der Waals surface area contributed by atoms with Crippen LogP contribution in [-0.4, -0.2) is 32.1 Å². The maximum absolute atomic E-state index is 12.3. The first-order valence-electron chi connectivity index (χ1n) is 8.52. The summed E-state index contributed by atoms with van der Waals surface area (Å²) in [5.41, 5.74) is 1.41. The van der Waals surface area contributed by atoms with Crippen molar-refractivity contribution in [2.75, 3.05) is 20.3 Å². The predicted molar refractivity (Wildman–Crippen MR) is 102 cm³/mol. The van der Waals surface area contributed by atoms with E-state index in [0.717, 1.165) is 22.1 Å². The number of hydrogen-bond acceptors (Lipinski definition) is 5. The number of rotatable bonds is 7. The van der Waals surface area contributed by atoms with E-state index in [4.69, 9.17) is 14.2 Å². The van der Waals surface area contributed by atoms with Gasteiger partial charge < -0.3 is 14.2 Å². The van der Waals surface area contributed by atoms with Crippen LogP contribution in [0.2, 0.25) is 0 Å². The first kappa shape index (κ1) is 18.5. The van der Waals surface area contributed by atoms with Crippen molar-refractivity contribution >= 4 is 22.5 Å². The largest absolute Gasteiger partial charge is 0.497 e. The van der Waals surface area contributed by atoms with Gasteiger partial charge in [-0.1, -0.05) is 36.4 Å². The first-order valence-corrected chi connectivity index (χ1v) is 8.52. The second kappa shape index (κ2) is 8.36. The van der Waals surface area contributed by atoms with Gasteiger partial charge in [0.25, 0.3) is 0 Å². The Labute approximate surface area is 157 Å². The summed E-state index contributed by atoms with van der Waals surface area (Å²) in [4.78, 5) is 24.1. The molecule has 0 bridgehead atoms. The molecule has 0 aromatic heterocycles. The fraction of sp³-hybridized carbons (Fsp3) is 0.182. The Morgan fingerprint density at radius 3 is 2.41 bits per heavy atom. The number of methoxy groups -OCH3 is 1. The molecule has 0 saturated carbocycles. The number of carbonyl (C=O) groups is 2.